The minimum Gasteiger partial charge on any atom is -0.369 e. The minimum absolute atomic E-state index is 0.0658. The molecule has 0 bridgehead atoms. The molecule has 0 aliphatic heterocycles. The van der Waals surface area contributed by atoms with Gasteiger partial charge >= 0.3 is 0 Å². The number of hydrogen-bond acceptors (Lipinski definition) is 2. The molecule has 42 heavy (non-hydrogen) atoms. The van der Waals surface area contributed by atoms with Gasteiger partial charge in [-0.3, -0.25) is 9.59 Å². The van der Waals surface area contributed by atoms with Crippen LogP contribution < -0.4 is 11.5 Å². The summed E-state index contributed by atoms with van der Waals surface area (Å²) in [5.74, 6) is -1.07. The average molecular weight is 593 g/mol. The van der Waals surface area contributed by atoms with Gasteiger partial charge in [-0.2, -0.15) is 0 Å². The van der Waals surface area contributed by atoms with Gasteiger partial charge in [0.15, 0.2) is 0 Å². The molecule has 4 N–H and O–H groups in total. The summed E-state index contributed by atoms with van der Waals surface area (Å²) in [6.07, 6.45) is 38.6. The largest absolute Gasteiger partial charge is 0.369 e. The van der Waals surface area contributed by atoms with Crippen molar-refractivity contribution >= 4 is 11.8 Å². The van der Waals surface area contributed by atoms with E-state index in [0.29, 0.717) is 0 Å². The van der Waals surface area contributed by atoms with Gasteiger partial charge in [-0.25, -0.2) is 0 Å². The second-order valence-electron chi connectivity index (χ2n) is 13.6. The Labute approximate surface area is 263 Å². The number of carbonyl (C=O) groups is 2. The van der Waals surface area contributed by atoms with Crippen molar-refractivity contribution in [3.63, 3.8) is 0 Å². The van der Waals surface area contributed by atoms with Crippen LogP contribution in [-0.2, 0) is 9.59 Å². The third-order valence-electron chi connectivity index (χ3n) is 9.74. The maximum Gasteiger partial charge on any atom is 0.220 e. The van der Waals surface area contributed by atoms with Gasteiger partial charge in [0, 0.05) is 11.8 Å². The zero-order valence-electron chi connectivity index (χ0n) is 28.9. The summed E-state index contributed by atoms with van der Waals surface area (Å²) >= 11 is 0. The van der Waals surface area contributed by atoms with Crippen LogP contribution in [-0.4, -0.2) is 11.8 Å². The number of primary amides is 2. The first-order valence-corrected chi connectivity index (χ1v) is 19.0. The molecule has 0 saturated carbocycles. The SMILES string of the molecule is CCCCCCCCCCCCCCCCC(C(N)=O)C(C)C(CCCCCCCCCCCCCCCC)C(N)=O. The fourth-order valence-electron chi connectivity index (χ4n) is 6.73. The number of unbranched alkanes of at least 4 members (excludes halogenated alkanes) is 26. The second kappa shape index (κ2) is 31.4. The monoisotopic (exact) mass is 593 g/mol. The van der Waals surface area contributed by atoms with E-state index < -0.39 is 0 Å². The van der Waals surface area contributed by atoms with E-state index in [0.717, 1.165) is 38.5 Å². The Morgan fingerprint density at radius 1 is 0.381 bits per heavy atom. The van der Waals surface area contributed by atoms with Crippen LogP contribution in [0.2, 0.25) is 0 Å². The van der Waals surface area contributed by atoms with E-state index in [9.17, 15) is 9.59 Å². The highest BCUT2D eigenvalue weighted by molar-refractivity contribution is 5.80. The van der Waals surface area contributed by atoms with Crippen molar-refractivity contribution in [2.45, 2.75) is 213 Å². The lowest BCUT2D eigenvalue weighted by molar-refractivity contribution is -0.128. The first-order chi connectivity index (χ1) is 20.5. The molecule has 0 aliphatic rings. The molecule has 0 spiro atoms. The summed E-state index contributed by atoms with van der Waals surface area (Å²) in [6, 6.07) is 0. The molecular formula is C38H76N2O2. The number of nitrogens with two attached hydrogens (primary N) is 2. The Hall–Kier alpha value is -1.06. The number of amides is 2. The van der Waals surface area contributed by atoms with Crippen molar-refractivity contribution < 1.29 is 9.59 Å². The van der Waals surface area contributed by atoms with E-state index in [4.69, 9.17) is 11.5 Å². The number of hydrogen-bond donors (Lipinski definition) is 2. The van der Waals surface area contributed by atoms with E-state index in [1.807, 2.05) is 6.92 Å². The van der Waals surface area contributed by atoms with Gasteiger partial charge in [-0.15, -0.1) is 0 Å². The maximum atomic E-state index is 12.3. The van der Waals surface area contributed by atoms with Crippen molar-refractivity contribution in [3.05, 3.63) is 0 Å². The minimum atomic E-state index is -0.260. The lowest BCUT2D eigenvalue weighted by Gasteiger charge is -2.27. The third kappa shape index (κ3) is 25.4. The van der Waals surface area contributed by atoms with Crippen molar-refractivity contribution in [3.8, 4) is 0 Å². The summed E-state index contributed by atoms with van der Waals surface area (Å²) in [4.78, 5) is 24.6. The Morgan fingerprint density at radius 3 is 0.762 bits per heavy atom. The van der Waals surface area contributed by atoms with Gasteiger partial charge in [0.25, 0.3) is 0 Å². The van der Waals surface area contributed by atoms with Gasteiger partial charge in [0.05, 0.1) is 0 Å². The fraction of sp³-hybridized carbons (Fsp3) is 0.947. The van der Waals surface area contributed by atoms with Crippen LogP contribution in [0.1, 0.15) is 213 Å². The van der Waals surface area contributed by atoms with E-state index in [2.05, 4.69) is 13.8 Å². The van der Waals surface area contributed by atoms with Crippen LogP contribution in [0.25, 0.3) is 0 Å². The van der Waals surface area contributed by atoms with Gasteiger partial charge < -0.3 is 11.5 Å². The van der Waals surface area contributed by atoms with Crippen LogP contribution in [0, 0.1) is 17.8 Å². The van der Waals surface area contributed by atoms with E-state index in [-0.39, 0.29) is 29.6 Å². The zero-order chi connectivity index (χ0) is 31.1. The Kier molecular flexibility index (Phi) is 30.6. The smallest absolute Gasteiger partial charge is 0.220 e. The highest BCUT2D eigenvalue weighted by Gasteiger charge is 2.32. The molecule has 2 atom stereocenters. The Balaban J connectivity index is 3.94. The molecule has 0 aliphatic carbocycles. The van der Waals surface area contributed by atoms with Crippen LogP contribution in [0.15, 0.2) is 0 Å². The lowest BCUT2D eigenvalue weighted by atomic mass is 9.77. The molecule has 0 heterocycles. The molecule has 0 radical (unpaired) electrons. The topological polar surface area (TPSA) is 86.2 Å². The highest BCUT2D eigenvalue weighted by Crippen LogP contribution is 2.30. The summed E-state index contributed by atoms with van der Waals surface area (Å²) in [5.41, 5.74) is 11.6. The van der Waals surface area contributed by atoms with Crippen molar-refractivity contribution in [1.29, 1.82) is 0 Å². The summed E-state index contributed by atoms with van der Waals surface area (Å²) in [6.45, 7) is 6.58. The zero-order valence-corrected chi connectivity index (χ0v) is 28.9. The molecule has 250 valence electrons. The number of rotatable bonds is 34. The van der Waals surface area contributed by atoms with Crippen molar-refractivity contribution in [2.75, 3.05) is 0 Å². The van der Waals surface area contributed by atoms with Crippen LogP contribution >= 0.6 is 0 Å². The molecular weight excluding hydrogens is 516 g/mol. The molecule has 0 saturated heterocycles. The standard InChI is InChI=1S/C38H76N2O2/c1-4-6-8-10-12-14-16-18-20-22-24-26-28-30-32-35(37(39)41)34(3)36(38(40)42)33-31-29-27-25-23-21-19-17-15-13-11-9-7-5-2/h34-36H,4-33H2,1-3H3,(H2,39,41)(H2,40,42). The van der Waals surface area contributed by atoms with Crippen molar-refractivity contribution in [1.82, 2.24) is 0 Å². The molecule has 4 heteroatoms. The predicted octanol–water partition coefficient (Wildman–Crippen LogP) is 11.6. The highest BCUT2D eigenvalue weighted by atomic mass is 16.1. The quantitative estimate of drug-likeness (QED) is 0.0728. The normalized spacial score (nSPS) is 13.7. The van der Waals surface area contributed by atoms with Gasteiger partial charge in [-0.1, -0.05) is 201 Å². The Morgan fingerprint density at radius 2 is 0.571 bits per heavy atom. The summed E-state index contributed by atoms with van der Waals surface area (Å²) in [7, 11) is 0. The fourth-order valence-corrected chi connectivity index (χ4v) is 6.73. The average Bonchev–Trinajstić information content (AvgIpc) is 2.96. The molecule has 4 nitrogen and oxygen atoms in total. The maximum absolute atomic E-state index is 12.3. The third-order valence-corrected chi connectivity index (χ3v) is 9.74. The van der Waals surface area contributed by atoms with E-state index >= 15 is 0 Å². The van der Waals surface area contributed by atoms with Crippen LogP contribution in [0.4, 0.5) is 0 Å². The Bertz CT molecular complexity index is 544. The van der Waals surface area contributed by atoms with Gasteiger partial charge in [-0.05, 0) is 18.8 Å². The van der Waals surface area contributed by atoms with Crippen LogP contribution in [0.3, 0.4) is 0 Å². The molecule has 2 unspecified atom stereocenters. The molecule has 2 amide bonds. The molecule has 0 aromatic carbocycles. The van der Waals surface area contributed by atoms with Gasteiger partial charge in [0.1, 0.15) is 0 Å². The second-order valence-corrected chi connectivity index (χ2v) is 13.6. The molecule has 0 fully saturated rings. The van der Waals surface area contributed by atoms with E-state index in [1.54, 1.807) is 0 Å². The van der Waals surface area contributed by atoms with Crippen LogP contribution in [0.5, 0.6) is 0 Å². The predicted molar refractivity (Wildman–Crippen MR) is 184 cm³/mol. The first-order valence-electron chi connectivity index (χ1n) is 19.0. The summed E-state index contributed by atoms with van der Waals surface area (Å²) < 4.78 is 0. The number of carbonyl (C=O) groups excluding carboxylic acids is 2. The first kappa shape index (κ1) is 40.9. The molecule has 0 rings (SSSR count). The van der Waals surface area contributed by atoms with E-state index in [1.165, 1.54) is 154 Å². The molecule has 0 aromatic rings. The summed E-state index contributed by atoms with van der Waals surface area (Å²) in [5, 5.41) is 0. The van der Waals surface area contributed by atoms with Gasteiger partial charge in [0.2, 0.25) is 11.8 Å². The lowest BCUT2D eigenvalue weighted by Crippen LogP contribution is -2.38. The van der Waals surface area contributed by atoms with Crippen molar-refractivity contribution in [2.24, 2.45) is 29.2 Å². The molecule has 0 aromatic heterocycles.